The highest BCUT2D eigenvalue weighted by Crippen LogP contribution is 2.14. The normalized spacial score (nSPS) is 10.4. The minimum absolute atomic E-state index is 0.608. The van der Waals surface area contributed by atoms with E-state index >= 15 is 0 Å². The molecule has 0 aliphatic heterocycles. The lowest BCUT2D eigenvalue weighted by molar-refractivity contribution is 0.297. The van der Waals surface area contributed by atoms with E-state index in [1.807, 2.05) is 17.5 Å². The van der Waals surface area contributed by atoms with Crippen molar-refractivity contribution in [2.24, 2.45) is 0 Å². The molecule has 0 atom stereocenters. The lowest BCUT2D eigenvalue weighted by atomic mass is 10.4. The van der Waals surface area contributed by atoms with Crippen molar-refractivity contribution in [3.8, 4) is 0 Å². The molecule has 2 aromatic heterocycles. The molecule has 14 heavy (non-hydrogen) atoms. The molecule has 0 amide bonds. The third-order valence-electron chi connectivity index (χ3n) is 1.92. The van der Waals surface area contributed by atoms with Crippen molar-refractivity contribution in [2.45, 2.75) is 6.92 Å². The summed E-state index contributed by atoms with van der Waals surface area (Å²) >= 11 is 0. The zero-order valence-electron chi connectivity index (χ0n) is 7.97. The van der Waals surface area contributed by atoms with Crippen LogP contribution in [0.2, 0.25) is 0 Å². The first-order chi connectivity index (χ1) is 6.83. The maximum absolute atomic E-state index is 5.32. The van der Waals surface area contributed by atoms with Gasteiger partial charge in [0.05, 0.1) is 19.0 Å². The van der Waals surface area contributed by atoms with Crippen LogP contribution in [0.25, 0.3) is 11.4 Å². The molecule has 0 bridgehead atoms. The van der Waals surface area contributed by atoms with E-state index in [0.29, 0.717) is 12.4 Å². The monoisotopic (exact) mass is 189 g/mol. The quantitative estimate of drug-likeness (QED) is 0.690. The fourth-order valence-electron chi connectivity index (χ4n) is 1.30. The number of aromatic nitrogens is 3. The predicted octanol–water partition coefficient (Wildman–Crippen LogP) is 1.74. The van der Waals surface area contributed by atoms with Crippen molar-refractivity contribution in [3.63, 3.8) is 0 Å². The summed E-state index contributed by atoms with van der Waals surface area (Å²) in [6.45, 7) is 6.37. The molecule has 0 fully saturated rings. The molecule has 0 aliphatic rings. The summed E-state index contributed by atoms with van der Waals surface area (Å²) in [5, 5.41) is 0. The zero-order chi connectivity index (χ0) is 9.97. The molecule has 0 aliphatic carbocycles. The molecule has 72 valence electrons. The third-order valence-corrected chi connectivity index (χ3v) is 1.92. The van der Waals surface area contributed by atoms with Crippen molar-refractivity contribution >= 4 is 11.4 Å². The molecule has 2 rings (SSSR count). The van der Waals surface area contributed by atoms with Crippen LogP contribution in [0.3, 0.4) is 0 Å². The number of ether oxygens (including phenoxy) is 1. The van der Waals surface area contributed by atoms with Gasteiger partial charge in [-0.25, -0.2) is 4.98 Å². The molecule has 0 N–H and O–H groups in total. The Morgan fingerprint density at radius 3 is 3.21 bits per heavy atom. The van der Waals surface area contributed by atoms with Gasteiger partial charge in [0.2, 0.25) is 0 Å². The topological polar surface area (TPSA) is 39.4 Å². The van der Waals surface area contributed by atoms with E-state index in [4.69, 9.17) is 4.74 Å². The fourth-order valence-corrected chi connectivity index (χ4v) is 1.30. The average molecular weight is 189 g/mol. The van der Waals surface area contributed by atoms with Crippen LogP contribution in [0.4, 0.5) is 0 Å². The fraction of sp³-hybridized carbons (Fsp3) is 0.200. The first-order valence-corrected chi connectivity index (χ1v) is 4.42. The van der Waals surface area contributed by atoms with E-state index in [9.17, 15) is 0 Å². The molecule has 0 unspecified atom stereocenters. The Hall–Kier alpha value is -1.84. The zero-order valence-corrected chi connectivity index (χ0v) is 7.97. The number of rotatable bonds is 3. The van der Waals surface area contributed by atoms with E-state index < -0.39 is 0 Å². The highest BCUT2D eigenvalue weighted by molar-refractivity contribution is 5.57. The van der Waals surface area contributed by atoms with Gasteiger partial charge in [0, 0.05) is 12.4 Å². The number of fused-ring (bicyclic) bond motifs is 1. The molecular formula is C10H11N3O. The van der Waals surface area contributed by atoms with Crippen LogP contribution in [0.5, 0.6) is 0 Å². The summed E-state index contributed by atoms with van der Waals surface area (Å²) in [7, 11) is 0. The van der Waals surface area contributed by atoms with Crippen LogP contribution in [0.15, 0.2) is 31.4 Å². The molecule has 0 spiro atoms. The van der Waals surface area contributed by atoms with Crippen LogP contribution >= 0.6 is 0 Å². The Morgan fingerprint density at radius 1 is 1.57 bits per heavy atom. The minimum atomic E-state index is 0.608. The molecule has 0 saturated heterocycles. The molecular weight excluding hydrogens is 178 g/mol. The van der Waals surface area contributed by atoms with Gasteiger partial charge in [0.1, 0.15) is 11.5 Å². The molecule has 4 heteroatoms. The van der Waals surface area contributed by atoms with Crippen molar-refractivity contribution in [2.75, 3.05) is 6.61 Å². The third kappa shape index (κ3) is 1.35. The summed E-state index contributed by atoms with van der Waals surface area (Å²) < 4.78 is 7.21. The second-order valence-corrected chi connectivity index (χ2v) is 2.80. The van der Waals surface area contributed by atoms with Crippen LogP contribution in [0, 0.1) is 0 Å². The van der Waals surface area contributed by atoms with Gasteiger partial charge in [-0.3, -0.25) is 9.38 Å². The highest BCUT2D eigenvalue weighted by atomic mass is 16.5. The SMILES string of the molecule is C=C(OCC)c1cnc2cnccn12. The summed E-state index contributed by atoms with van der Waals surface area (Å²) in [4.78, 5) is 8.16. The van der Waals surface area contributed by atoms with E-state index in [1.54, 1.807) is 18.6 Å². The van der Waals surface area contributed by atoms with Gasteiger partial charge < -0.3 is 4.74 Å². The molecule has 2 aromatic rings. The second kappa shape index (κ2) is 3.49. The molecule has 0 radical (unpaired) electrons. The average Bonchev–Trinajstić information content (AvgIpc) is 2.61. The lowest BCUT2D eigenvalue weighted by Gasteiger charge is -2.05. The lowest BCUT2D eigenvalue weighted by Crippen LogP contribution is -1.95. The Kier molecular flexibility index (Phi) is 2.18. The summed E-state index contributed by atoms with van der Waals surface area (Å²) in [5.41, 5.74) is 1.66. The Balaban J connectivity index is 2.47. The van der Waals surface area contributed by atoms with Crippen molar-refractivity contribution in [1.29, 1.82) is 0 Å². The van der Waals surface area contributed by atoms with Crippen molar-refractivity contribution in [3.05, 3.63) is 37.1 Å². The number of imidazole rings is 1. The largest absolute Gasteiger partial charge is 0.492 e. The molecule has 2 heterocycles. The Labute approximate surface area is 81.9 Å². The number of hydrogen-bond acceptors (Lipinski definition) is 3. The predicted molar refractivity (Wildman–Crippen MR) is 53.6 cm³/mol. The first-order valence-electron chi connectivity index (χ1n) is 4.42. The van der Waals surface area contributed by atoms with Crippen LogP contribution in [-0.4, -0.2) is 21.0 Å². The van der Waals surface area contributed by atoms with Gasteiger partial charge in [0.15, 0.2) is 5.65 Å². The van der Waals surface area contributed by atoms with Crippen LogP contribution < -0.4 is 0 Å². The van der Waals surface area contributed by atoms with E-state index in [0.717, 1.165) is 11.3 Å². The Morgan fingerprint density at radius 2 is 2.43 bits per heavy atom. The standard InChI is InChI=1S/C10H11N3O/c1-3-14-8(2)9-6-12-10-7-11-4-5-13(9)10/h4-7H,2-3H2,1H3. The van der Waals surface area contributed by atoms with E-state index in [1.165, 1.54) is 0 Å². The van der Waals surface area contributed by atoms with Gasteiger partial charge in [-0.15, -0.1) is 0 Å². The molecule has 4 nitrogen and oxygen atoms in total. The first kappa shape index (κ1) is 8.74. The minimum Gasteiger partial charge on any atom is -0.492 e. The van der Waals surface area contributed by atoms with Crippen LogP contribution in [-0.2, 0) is 4.74 Å². The summed E-state index contributed by atoms with van der Waals surface area (Å²) in [6.07, 6.45) is 6.97. The molecule has 0 saturated carbocycles. The van der Waals surface area contributed by atoms with Gasteiger partial charge in [-0.2, -0.15) is 0 Å². The van der Waals surface area contributed by atoms with Gasteiger partial charge in [0.25, 0.3) is 0 Å². The number of nitrogens with zero attached hydrogens (tertiary/aromatic N) is 3. The number of hydrogen-bond donors (Lipinski definition) is 0. The summed E-state index contributed by atoms with van der Waals surface area (Å²) in [5.74, 6) is 0.631. The van der Waals surface area contributed by atoms with Gasteiger partial charge in [-0.1, -0.05) is 6.58 Å². The molecule has 0 aromatic carbocycles. The maximum atomic E-state index is 5.32. The van der Waals surface area contributed by atoms with E-state index in [2.05, 4.69) is 16.5 Å². The smallest absolute Gasteiger partial charge is 0.155 e. The summed E-state index contributed by atoms with van der Waals surface area (Å²) in [6, 6.07) is 0. The highest BCUT2D eigenvalue weighted by Gasteiger charge is 2.06. The Bertz CT molecular complexity index is 461. The van der Waals surface area contributed by atoms with Crippen molar-refractivity contribution < 1.29 is 4.74 Å². The van der Waals surface area contributed by atoms with Crippen LogP contribution in [0.1, 0.15) is 12.6 Å². The van der Waals surface area contributed by atoms with E-state index in [-0.39, 0.29) is 0 Å². The van der Waals surface area contributed by atoms with Gasteiger partial charge in [-0.05, 0) is 6.92 Å². The second-order valence-electron chi connectivity index (χ2n) is 2.80. The van der Waals surface area contributed by atoms with Crippen molar-refractivity contribution in [1.82, 2.24) is 14.4 Å². The van der Waals surface area contributed by atoms with Gasteiger partial charge >= 0.3 is 0 Å². The maximum Gasteiger partial charge on any atom is 0.155 e.